The number of nitrogens with one attached hydrogen (secondary N) is 1. The third-order valence-corrected chi connectivity index (χ3v) is 2.81. The molecule has 0 spiro atoms. The summed E-state index contributed by atoms with van der Waals surface area (Å²) in [5.41, 5.74) is 0. The minimum Gasteiger partial charge on any atom is -0.469 e. The van der Waals surface area contributed by atoms with Crippen LogP contribution in [0.1, 0.15) is 31.0 Å². The molecule has 15 heavy (non-hydrogen) atoms. The van der Waals surface area contributed by atoms with Gasteiger partial charge in [-0.3, -0.25) is 9.89 Å². The normalized spacial score (nSPS) is 15.3. The second-order valence-electron chi connectivity index (χ2n) is 3.64. The Morgan fingerprint density at radius 1 is 1.73 bits per heavy atom. The van der Waals surface area contributed by atoms with Crippen LogP contribution in [-0.4, -0.2) is 27.8 Å². The molecular formula is C9H13N3O2S. The van der Waals surface area contributed by atoms with E-state index < -0.39 is 0 Å². The van der Waals surface area contributed by atoms with Gasteiger partial charge in [-0.2, -0.15) is 5.10 Å². The first-order valence-corrected chi connectivity index (χ1v) is 5.35. The standard InChI is InChI=1S/C9H13N3O2S/c1-14-7(13)4-5-12-8(6-2-3-6)10-11-9(12)15/h6H,2-5H2,1H3,(H,11,15). The van der Waals surface area contributed by atoms with Crippen molar-refractivity contribution in [1.82, 2.24) is 14.8 Å². The van der Waals surface area contributed by atoms with Gasteiger partial charge in [0.25, 0.3) is 0 Å². The molecule has 0 aliphatic heterocycles. The highest BCUT2D eigenvalue weighted by molar-refractivity contribution is 7.71. The summed E-state index contributed by atoms with van der Waals surface area (Å²) in [6.07, 6.45) is 2.67. The van der Waals surface area contributed by atoms with Crippen molar-refractivity contribution in [3.63, 3.8) is 0 Å². The van der Waals surface area contributed by atoms with E-state index in [2.05, 4.69) is 14.9 Å². The number of methoxy groups -OCH3 is 1. The number of carbonyl (C=O) groups is 1. The van der Waals surface area contributed by atoms with E-state index in [-0.39, 0.29) is 5.97 Å². The van der Waals surface area contributed by atoms with Gasteiger partial charge in [0.2, 0.25) is 0 Å². The lowest BCUT2D eigenvalue weighted by atomic mass is 10.3. The number of nitrogens with zero attached hydrogens (tertiary/aromatic N) is 2. The Balaban J connectivity index is 2.09. The van der Waals surface area contributed by atoms with Gasteiger partial charge in [0.05, 0.1) is 13.5 Å². The van der Waals surface area contributed by atoms with Gasteiger partial charge in [-0.15, -0.1) is 0 Å². The van der Waals surface area contributed by atoms with Crippen LogP contribution >= 0.6 is 12.2 Å². The SMILES string of the molecule is COC(=O)CCn1c(C2CC2)n[nH]c1=S. The minimum atomic E-state index is -0.222. The zero-order valence-corrected chi connectivity index (χ0v) is 9.34. The van der Waals surface area contributed by atoms with Gasteiger partial charge in [-0.1, -0.05) is 0 Å². The molecule has 0 saturated heterocycles. The molecule has 1 aromatic heterocycles. The highest BCUT2D eigenvalue weighted by Gasteiger charge is 2.28. The van der Waals surface area contributed by atoms with Crippen LogP contribution in [0.4, 0.5) is 0 Å². The Hall–Kier alpha value is -1.17. The van der Waals surface area contributed by atoms with Crippen LogP contribution in [0.2, 0.25) is 0 Å². The first-order chi connectivity index (χ1) is 7.22. The number of ether oxygens (including phenoxy) is 1. The summed E-state index contributed by atoms with van der Waals surface area (Å²) in [5.74, 6) is 1.28. The average molecular weight is 227 g/mol. The molecule has 0 radical (unpaired) electrons. The summed E-state index contributed by atoms with van der Waals surface area (Å²) >= 11 is 5.10. The maximum Gasteiger partial charge on any atom is 0.307 e. The average Bonchev–Trinajstić information content (AvgIpc) is 3.01. The molecule has 1 aliphatic carbocycles. The van der Waals surface area contributed by atoms with Crippen molar-refractivity contribution in [2.75, 3.05) is 7.11 Å². The minimum absolute atomic E-state index is 0.222. The van der Waals surface area contributed by atoms with Gasteiger partial charge in [-0.05, 0) is 25.1 Å². The highest BCUT2D eigenvalue weighted by atomic mass is 32.1. The number of aromatic amines is 1. The molecule has 0 aromatic carbocycles. The fourth-order valence-corrected chi connectivity index (χ4v) is 1.73. The molecule has 1 saturated carbocycles. The summed E-state index contributed by atoms with van der Waals surface area (Å²) in [7, 11) is 1.39. The number of hydrogen-bond acceptors (Lipinski definition) is 4. The topological polar surface area (TPSA) is 59.9 Å². The lowest BCUT2D eigenvalue weighted by molar-refractivity contribution is -0.140. The molecule has 0 unspecified atom stereocenters. The van der Waals surface area contributed by atoms with E-state index in [1.54, 1.807) is 0 Å². The van der Waals surface area contributed by atoms with Crippen molar-refractivity contribution in [3.8, 4) is 0 Å². The number of carbonyl (C=O) groups excluding carboxylic acids is 1. The lowest BCUT2D eigenvalue weighted by Gasteiger charge is -2.04. The first-order valence-electron chi connectivity index (χ1n) is 4.94. The van der Waals surface area contributed by atoms with Crippen LogP contribution in [0.15, 0.2) is 0 Å². The molecular weight excluding hydrogens is 214 g/mol. The third-order valence-electron chi connectivity index (χ3n) is 2.50. The Labute approximate surface area is 92.4 Å². The van der Waals surface area contributed by atoms with Crippen LogP contribution in [0.3, 0.4) is 0 Å². The van der Waals surface area contributed by atoms with E-state index in [1.807, 2.05) is 4.57 Å². The van der Waals surface area contributed by atoms with Gasteiger partial charge in [0.1, 0.15) is 5.82 Å². The quantitative estimate of drug-likeness (QED) is 0.623. The summed E-state index contributed by atoms with van der Waals surface area (Å²) < 4.78 is 7.06. The van der Waals surface area contributed by atoms with E-state index >= 15 is 0 Å². The van der Waals surface area contributed by atoms with E-state index in [1.165, 1.54) is 7.11 Å². The number of H-pyrrole nitrogens is 1. The van der Waals surface area contributed by atoms with E-state index in [9.17, 15) is 4.79 Å². The molecule has 1 heterocycles. The van der Waals surface area contributed by atoms with Gasteiger partial charge in [0.15, 0.2) is 4.77 Å². The molecule has 1 N–H and O–H groups in total. The van der Waals surface area contributed by atoms with Crippen molar-refractivity contribution in [3.05, 3.63) is 10.6 Å². The largest absolute Gasteiger partial charge is 0.469 e. The summed E-state index contributed by atoms with van der Waals surface area (Å²) in [6.45, 7) is 0.549. The van der Waals surface area contributed by atoms with Crippen molar-refractivity contribution in [2.24, 2.45) is 0 Å². The Morgan fingerprint density at radius 2 is 2.47 bits per heavy atom. The first kappa shape index (κ1) is 10.4. The molecule has 2 rings (SSSR count). The zero-order valence-electron chi connectivity index (χ0n) is 8.52. The Bertz CT molecular complexity index is 419. The number of esters is 1. The fraction of sp³-hybridized carbons (Fsp3) is 0.667. The van der Waals surface area contributed by atoms with Gasteiger partial charge < -0.3 is 9.30 Å². The fourth-order valence-electron chi connectivity index (χ4n) is 1.50. The van der Waals surface area contributed by atoms with E-state index in [0.717, 1.165) is 18.7 Å². The maximum absolute atomic E-state index is 11.0. The highest BCUT2D eigenvalue weighted by Crippen LogP contribution is 2.38. The zero-order chi connectivity index (χ0) is 10.8. The van der Waals surface area contributed by atoms with Crippen LogP contribution < -0.4 is 0 Å². The van der Waals surface area contributed by atoms with Crippen LogP contribution in [0, 0.1) is 4.77 Å². The summed E-state index contributed by atoms with van der Waals surface area (Å²) in [4.78, 5) is 11.0. The van der Waals surface area contributed by atoms with Gasteiger partial charge in [-0.25, -0.2) is 0 Å². The lowest BCUT2D eigenvalue weighted by Crippen LogP contribution is -2.09. The van der Waals surface area contributed by atoms with Crippen molar-refractivity contribution in [1.29, 1.82) is 0 Å². The molecule has 6 heteroatoms. The molecule has 0 bridgehead atoms. The number of rotatable bonds is 4. The van der Waals surface area contributed by atoms with E-state index in [0.29, 0.717) is 23.7 Å². The Kier molecular flexibility index (Phi) is 2.86. The second kappa shape index (κ2) is 4.14. The summed E-state index contributed by atoms with van der Waals surface area (Å²) in [6, 6.07) is 0. The maximum atomic E-state index is 11.0. The number of hydrogen-bond donors (Lipinski definition) is 1. The molecule has 0 amide bonds. The second-order valence-corrected chi connectivity index (χ2v) is 4.03. The van der Waals surface area contributed by atoms with Crippen molar-refractivity contribution < 1.29 is 9.53 Å². The molecule has 1 aromatic rings. The monoisotopic (exact) mass is 227 g/mol. The molecule has 0 atom stereocenters. The van der Waals surface area contributed by atoms with Crippen molar-refractivity contribution in [2.45, 2.75) is 31.7 Å². The third kappa shape index (κ3) is 2.26. The van der Waals surface area contributed by atoms with Gasteiger partial charge >= 0.3 is 5.97 Å². The van der Waals surface area contributed by atoms with E-state index in [4.69, 9.17) is 12.2 Å². The van der Waals surface area contributed by atoms with Crippen LogP contribution in [0.5, 0.6) is 0 Å². The smallest absolute Gasteiger partial charge is 0.307 e. The van der Waals surface area contributed by atoms with Crippen LogP contribution in [-0.2, 0) is 16.1 Å². The molecule has 1 fully saturated rings. The van der Waals surface area contributed by atoms with Crippen LogP contribution in [0.25, 0.3) is 0 Å². The molecule has 82 valence electrons. The molecule has 5 nitrogen and oxygen atoms in total. The molecule has 1 aliphatic rings. The van der Waals surface area contributed by atoms with Gasteiger partial charge in [0, 0.05) is 12.5 Å². The van der Waals surface area contributed by atoms with Crippen molar-refractivity contribution >= 4 is 18.2 Å². The predicted molar refractivity (Wildman–Crippen MR) is 56.0 cm³/mol. The predicted octanol–water partition coefficient (Wildman–Crippen LogP) is 1.38. The summed E-state index contributed by atoms with van der Waals surface area (Å²) in [5, 5.41) is 6.94. The Morgan fingerprint density at radius 3 is 3.07 bits per heavy atom. The number of aromatic nitrogens is 3.